The number of rotatable bonds is 3. The molecule has 0 unspecified atom stereocenters. The van der Waals surface area contributed by atoms with Crippen LogP contribution in [0.15, 0.2) is 60.3 Å². The molecule has 4 heteroatoms. The minimum Gasteiger partial charge on any atom is -0.336 e. The molecule has 3 aliphatic rings. The highest BCUT2D eigenvalue weighted by Crippen LogP contribution is 2.40. The van der Waals surface area contributed by atoms with Gasteiger partial charge in [0.05, 0.1) is 5.57 Å². The Bertz CT molecular complexity index is 1050. The molecular formula is C30H36N2O2. The van der Waals surface area contributed by atoms with Gasteiger partial charge >= 0.3 is 0 Å². The molecular weight excluding hydrogens is 420 g/mol. The molecule has 4 nitrogen and oxygen atoms in total. The molecule has 0 N–H and O–H groups in total. The molecule has 0 bridgehead atoms. The molecule has 5 rings (SSSR count). The fraction of sp³-hybridized carbons (Fsp3) is 0.467. The third-order valence-electron chi connectivity index (χ3n) is 7.75. The van der Waals surface area contributed by atoms with E-state index in [1.54, 1.807) is 4.90 Å². The minimum absolute atomic E-state index is 0.00603. The molecule has 2 aromatic rings. The zero-order valence-corrected chi connectivity index (χ0v) is 20.2. The van der Waals surface area contributed by atoms with Crippen molar-refractivity contribution in [3.63, 3.8) is 0 Å². The lowest BCUT2D eigenvalue weighted by Gasteiger charge is -2.28. The summed E-state index contributed by atoms with van der Waals surface area (Å²) in [5.41, 5.74) is 4.30. The average molecular weight is 457 g/mol. The molecule has 178 valence electrons. The molecule has 0 aromatic heterocycles. The van der Waals surface area contributed by atoms with Crippen molar-refractivity contribution in [2.75, 3.05) is 11.4 Å². The molecule has 0 spiro atoms. The number of hydrogen-bond donors (Lipinski definition) is 0. The number of imide groups is 1. The Kier molecular flexibility index (Phi) is 7.13. The predicted molar refractivity (Wildman–Crippen MR) is 137 cm³/mol. The van der Waals surface area contributed by atoms with Crippen LogP contribution in [0.1, 0.15) is 81.8 Å². The van der Waals surface area contributed by atoms with E-state index in [1.807, 2.05) is 42.5 Å². The summed E-state index contributed by atoms with van der Waals surface area (Å²) in [5.74, 6) is -0.203. The van der Waals surface area contributed by atoms with Crippen LogP contribution in [0, 0.1) is 0 Å². The van der Waals surface area contributed by atoms with Crippen LogP contribution >= 0.6 is 0 Å². The maximum atomic E-state index is 14.1. The van der Waals surface area contributed by atoms with Crippen LogP contribution in [0.3, 0.4) is 0 Å². The van der Waals surface area contributed by atoms with Gasteiger partial charge in [0.15, 0.2) is 0 Å². The monoisotopic (exact) mass is 456 g/mol. The number of anilines is 1. The molecule has 0 radical (unpaired) electrons. The van der Waals surface area contributed by atoms with Gasteiger partial charge in [-0.05, 0) is 36.5 Å². The van der Waals surface area contributed by atoms with Gasteiger partial charge < -0.3 is 4.90 Å². The van der Waals surface area contributed by atoms with Gasteiger partial charge in [-0.15, -0.1) is 0 Å². The van der Waals surface area contributed by atoms with E-state index in [2.05, 4.69) is 17.0 Å². The molecule has 1 aliphatic carbocycles. The summed E-state index contributed by atoms with van der Waals surface area (Å²) in [6.07, 6.45) is 13.8. The topological polar surface area (TPSA) is 40.6 Å². The molecule has 2 amide bonds. The van der Waals surface area contributed by atoms with E-state index in [9.17, 15) is 9.59 Å². The fourth-order valence-electron chi connectivity index (χ4n) is 5.95. The number of amides is 2. The summed E-state index contributed by atoms with van der Waals surface area (Å²) in [6.45, 7) is 0.739. The van der Waals surface area contributed by atoms with Crippen LogP contribution in [-0.4, -0.2) is 29.3 Å². The lowest BCUT2D eigenvalue weighted by molar-refractivity contribution is -0.140. The maximum absolute atomic E-state index is 14.1. The highest BCUT2D eigenvalue weighted by atomic mass is 16.2. The van der Waals surface area contributed by atoms with Crippen LogP contribution in [0.25, 0.3) is 5.57 Å². The number of nitrogens with zero attached hydrogens (tertiary/aromatic N) is 2. The summed E-state index contributed by atoms with van der Waals surface area (Å²) in [5, 5.41) is 0. The fourth-order valence-corrected chi connectivity index (χ4v) is 5.95. The first kappa shape index (κ1) is 22.9. The van der Waals surface area contributed by atoms with Gasteiger partial charge in [0.2, 0.25) is 0 Å². The van der Waals surface area contributed by atoms with E-state index in [-0.39, 0.29) is 17.9 Å². The van der Waals surface area contributed by atoms with Crippen LogP contribution in [0.4, 0.5) is 5.69 Å². The zero-order chi connectivity index (χ0) is 23.3. The Labute approximate surface area is 203 Å². The zero-order valence-electron chi connectivity index (χ0n) is 20.2. The number of carbonyl (C=O) groups is 2. The van der Waals surface area contributed by atoms with Crippen LogP contribution in [0.2, 0.25) is 0 Å². The Hall–Kier alpha value is -2.88. The van der Waals surface area contributed by atoms with Gasteiger partial charge in [0.25, 0.3) is 11.8 Å². The van der Waals surface area contributed by atoms with Gasteiger partial charge in [0.1, 0.15) is 5.70 Å². The van der Waals surface area contributed by atoms with E-state index in [0.717, 1.165) is 49.9 Å². The van der Waals surface area contributed by atoms with E-state index in [0.29, 0.717) is 11.3 Å². The summed E-state index contributed by atoms with van der Waals surface area (Å²) >= 11 is 0. The van der Waals surface area contributed by atoms with Gasteiger partial charge in [-0.25, -0.2) is 0 Å². The lowest BCUT2D eigenvalue weighted by Crippen LogP contribution is -2.42. The van der Waals surface area contributed by atoms with E-state index in [4.69, 9.17) is 0 Å². The van der Waals surface area contributed by atoms with Crippen molar-refractivity contribution in [1.82, 2.24) is 4.90 Å². The Morgan fingerprint density at radius 1 is 0.647 bits per heavy atom. The third-order valence-corrected chi connectivity index (χ3v) is 7.75. The molecule has 0 saturated heterocycles. The second-order valence-electron chi connectivity index (χ2n) is 10.0. The molecule has 0 atom stereocenters. The van der Waals surface area contributed by atoms with Crippen LogP contribution < -0.4 is 4.90 Å². The number of carbonyl (C=O) groups excluding carboxylic acids is 2. The predicted octanol–water partition coefficient (Wildman–Crippen LogP) is 6.50. The van der Waals surface area contributed by atoms with Crippen molar-refractivity contribution in [1.29, 1.82) is 0 Å². The van der Waals surface area contributed by atoms with Gasteiger partial charge in [-0.2, -0.15) is 0 Å². The smallest absolute Gasteiger partial charge is 0.278 e. The molecule has 2 heterocycles. The number of hydrogen-bond acceptors (Lipinski definition) is 3. The highest BCUT2D eigenvalue weighted by molar-refractivity contribution is 6.37. The number of fused-ring (bicyclic) bond motifs is 1. The molecule has 2 aromatic carbocycles. The molecule has 2 aliphatic heterocycles. The van der Waals surface area contributed by atoms with E-state index in [1.165, 1.54) is 50.5 Å². The first-order chi connectivity index (χ1) is 16.8. The Balaban J connectivity index is 1.49. The quantitative estimate of drug-likeness (QED) is 0.495. The third kappa shape index (κ3) is 4.55. The van der Waals surface area contributed by atoms with Crippen LogP contribution in [0.5, 0.6) is 0 Å². The Morgan fingerprint density at radius 2 is 1.24 bits per heavy atom. The lowest BCUT2D eigenvalue weighted by atomic mass is 9.96. The maximum Gasteiger partial charge on any atom is 0.278 e. The van der Waals surface area contributed by atoms with Crippen molar-refractivity contribution < 1.29 is 9.59 Å². The summed E-state index contributed by atoms with van der Waals surface area (Å²) in [7, 11) is 0. The summed E-state index contributed by atoms with van der Waals surface area (Å²) in [4.78, 5) is 31.8. The Morgan fingerprint density at radius 3 is 1.91 bits per heavy atom. The minimum atomic E-state index is -0.104. The second-order valence-corrected chi connectivity index (χ2v) is 10.0. The van der Waals surface area contributed by atoms with Crippen molar-refractivity contribution in [3.05, 3.63) is 71.4 Å². The number of para-hydroxylation sites is 1. The van der Waals surface area contributed by atoms with Crippen molar-refractivity contribution in [2.24, 2.45) is 0 Å². The highest BCUT2D eigenvalue weighted by Gasteiger charge is 2.45. The average Bonchev–Trinajstić information content (AvgIpc) is 3.38. The van der Waals surface area contributed by atoms with Gasteiger partial charge in [0, 0.05) is 18.3 Å². The van der Waals surface area contributed by atoms with Crippen molar-refractivity contribution in [2.45, 2.75) is 83.1 Å². The SMILES string of the molecule is O=C1C(c2ccccc2)=C(N2CCc3ccccc32)C(=O)N1C1CCCCCCCCCCC1. The first-order valence-electron chi connectivity index (χ1n) is 13.3. The molecule has 1 fully saturated rings. The van der Waals surface area contributed by atoms with Crippen molar-refractivity contribution in [3.8, 4) is 0 Å². The summed E-state index contributed by atoms with van der Waals surface area (Å²) in [6, 6.07) is 18.1. The number of benzene rings is 2. The van der Waals surface area contributed by atoms with E-state index < -0.39 is 0 Å². The van der Waals surface area contributed by atoms with Crippen molar-refractivity contribution >= 4 is 23.1 Å². The summed E-state index contributed by atoms with van der Waals surface area (Å²) < 4.78 is 0. The largest absolute Gasteiger partial charge is 0.336 e. The molecule has 34 heavy (non-hydrogen) atoms. The first-order valence-corrected chi connectivity index (χ1v) is 13.3. The van der Waals surface area contributed by atoms with Gasteiger partial charge in [-0.1, -0.05) is 106 Å². The second kappa shape index (κ2) is 10.6. The van der Waals surface area contributed by atoms with Crippen LogP contribution in [-0.2, 0) is 16.0 Å². The standard InChI is InChI=1S/C30H36N2O2/c33-29-27(24-16-9-8-10-17-24)28(31-22-21-23-15-13-14-20-26(23)31)30(34)32(29)25-18-11-6-4-2-1-3-5-7-12-19-25/h8-10,13-17,20,25H,1-7,11-12,18-19,21-22H2. The normalized spacial score (nSPS) is 20.9. The molecule has 1 saturated carbocycles. The van der Waals surface area contributed by atoms with E-state index >= 15 is 0 Å². The van der Waals surface area contributed by atoms with Gasteiger partial charge in [-0.3, -0.25) is 14.5 Å².